The quantitative estimate of drug-likeness (QED) is 0.171. The summed E-state index contributed by atoms with van der Waals surface area (Å²) in [6.07, 6.45) is 4.75. The van der Waals surface area contributed by atoms with Crippen molar-refractivity contribution in [1.82, 2.24) is 4.98 Å². The molecule has 0 amide bonds. The van der Waals surface area contributed by atoms with Crippen LogP contribution < -0.4 is 4.31 Å². The number of carbonyl (C=O) groups excluding carboxylic acids is 1. The molecule has 7 nitrogen and oxygen atoms in total. The van der Waals surface area contributed by atoms with E-state index in [1.54, 1.807) is 30.3 Å². The number of rotatable bonds is 12. The molecule has 228 valence electrons. The summed E-state index contributed by atoms with van der Waals surface area (Å²) in [4.78, 5) is 17.8. The number of sulfonamides is 1. The molecule has 0 fully saturated rings. The number of carbonyl (C=O) groups is 1. The summed E-state index contributed by atoms with van der Waals surface area (Å²) in [5, 5.41) is 11.5. The first-order chi connectivity index (χ1) is 21.2. The van der Waals surface area contributed by atoms with Crippen molar-refractivity contribution >= 4 is 21.7 Å². The number of hydrogen-bond acceptors (Lipinski definition) is 6. The molecule has 1 aliphatic heterocycles. The molecule has 44 heavy (non-hydrogen) atoms. The highest BCUT2D eigenvalue weighted by Crippen LogP contribution is 2.42. The van der Waals surface area contributed by atoms with E-state index in [0.29, 0.717) is 43.4 Å². The second-order valence-electron chi connectivity index (χ2n) is 11.3. The Hall–Kier alpha value is -4.43. The molecule has 0 saturated heterocycles. The van der Waals surface area contributed by atoms with Gasteiger partial charge in [0.15, 0.2) is 5.03 Å². The smallest absolute Gasteiger partial charge is 0.338 e. The van der Waals surface area contributed by atoms with Gasteiger partial charge >= 0.3 is 5.97 Å². The minimum absolute atomic E-state index is 0.0362. The second-order valence-corrected chi connectivity index (χ2v) is 13.2. The van der Waals surface area contributed by atoms with Crippen LogP contribution in [0.1, 0.15) is 55.2 Å². The maximum atomic E-state index is 13.8. The van der Waals surface area contributed by atoms with Crippen molar-refractivity contribution in [3.05, 3.63) is 137 Å². The van der Waals surface area contributed by atoms with Crippen LogP contribution >= 0.6 is 0 Å². The molecule has 1 N–H and O–H groups in total. The van der Waals surface area contributed by atoms with E-state index in [9.17, 15) is 18.3 Å². The number of aliphatic hydroxyl groups is 1. The molecule has 0 saturated carbocycles. The first-order valence-electron chi connectivity index (χ1n) is 15.0. The van der Waals surface area contributed by atoms with Crippen LogP contribution in [0.2, 0.25) is 0 Å². The Morgan fingerprint density at radius 3 is 2.05 bits per heavy atom. The van der Waals surface area contributed by atoms with Gasteiger partial charge in [0.1, 0.15) is 11.4 Å². The third-order valence-corrected chi connectivity index (χ3v) is 10.1. The fourth-order valence-corrected chi connectivity index (χ4v) is 7.03. The van der Waals surface area contributed by atoms with Crippen LogP contribution in [0, 0.1) is 0 Å². The molecular weight excluding hydrogens is 572 g/mol. The Balaban J connectivity index is 1.43. The number of esters is 1. The van der Waals surface area contributed by atoms with Crippen LogP contribution in [0.3, 0.4) is 0 Å². The van der Waals surface area contributed by atoms with Crippen molar-refractivity contribution in [2.45, 2.75) is 62.0 Å². The van der Waals surface area contributed by atoms with Crippen LogP contribution in [-0.4, -0.2) is 37.1 Å². The average Bonchev–Trinajstić information content (AvgIpc) is 3.05. The van der Waals surface area contributed by atoms with E-state index in [1.165, 1.54) is 23.6 Å². The number of hydrogen-bond donors (Lipinski definition) is 1. The number of anilines is 1. The minimum Gasteiger partial charge on any atom is -0.512 e. The van der Waals surface area contributed by atoms with Crippen molar-refractivity contribution in [2.75, 3.05) is 11.4 Å². The highest BCUT2D eigenvalue weighted by Gasteiger charge is 2.43. The van der Waals surface area contributed by atoms with E-state index in [4.69, 9.17) is 4.74 Å². The number of nitrogens with zero attached hydrogens (tertiary/aromatic N) is 2. The van der Waals surface area contributed by atoms with E-state index in [2.05, 4.69) is 29.2 Å². The lowest BCUT2D eigenvalue weighted by Crippen LogP contribution is -2.42. The fourth-order valence-electron chi connectivity index (χ4n) is 5.91. The average molecular weight is 611 g/mol. The molecule has 0 spiro atoms. The van der Waals surface area contributed by atoms with Crippen LogP contribution in [-0.2, 0) is 32.4 Å². The molecule has 0 bridgehead atoms. The predicted molar refractivity (Wildman–Crippen MR) is 172 cm³/mol. The molecule has 8 heteroatoms. The van der Waals surface area contributed by atoms with Gasteiger partial charge in [-0.2, -0.15) is 8.42 Å². The molecule has 1 unspecified atom stereocenters. The number of pyridine rings is 1. The lowest BCUT2D eigenvalue weighted by atomic mass is 9.79. The van der Waals surface area contributed by atoms with E-state index < -0.39 is 27.5 Å². The summed E-state index contributed by atoms with van der Waals surface area (Å²) in [5.74, 6) is -0.967. The van der Waals surface area contributed by atoms with E-state index in [0.717, 1.165) is 11.1 Å². The van der Waals surface area contributed by atoms with Gasteiger partial charge in [0.25, 0.3) is 10.0 Å². The first-order valence-corrected chi connectivity index (χ1v) is 16.4. The van der Waals surface area contributed by atoms with Crippen molar-refractivity contribution in [2.24, 2.45) is 0 Å². The number of aliphatic hydroxyl groups excluding tert-OH is 1. The molecule has 0 radical (unpaired) electrons. The van der Waals surface area contributed by atoms with Gasteiger partial charge in [0.05, 0.1) is 11.3 Å². The van der Waals surface area contributed by atoms with E-state index in [-0.39, 0.29) is 22.8 Å². The van der Waals surface area contributed by atoms with Crippen LogP contribution in [0.5, 0.6) is 0 Å². The van der Waals surface area contributed by atoms with Gasteiger partial charge < -0.3 is 9.84 Å². The second kappa shape index (κ2) is 13.5. The number of benzene rings is 3. The molecule has 3 aromatic carbocycles. The summed E-state index contributed by atoms with van der Waals surface area (Å²) in [6.45, 7) is 1.94. The summed E-state index contributed by atoms with van der Waals surface area (Å²) in [6, 6.07) is 31.9. The molecule has 1 aliphatic rings. The van der Waals surface area contributed by atoms with Gasteiger partial charge in [-0.1, -0.05) is 85.8 Å². The Bertz CT molecular complexity index is 1660. The van der Waals surface area contributed by atoms with Crippen molar-refractivity contribution < 1.29 is 23.1 Å². The van der Waals surface area contributed by atoms with Gasteiger partial charge in [-0.15, -0.1) is 0 Å². The van der Waals surface area contributed by atoms with Crippen molar-refractivity contribution in [1.29, 1.82) is 0 Å². The summed E-state index contributed by atoms with van der Waals surface area (Å²) < 4.78 is 34.0. The van der Waals surface area contributed by atoms with Gasteiger partial charge in [0, 0.05) is 25.6 Å². The number of aryl methyl sites for hydroxylation is 2. The van der Waals surface area contributed by atoms with Gasteiger partial charge in [0.2, 0.25) is 0 Å². The summed E-state index contributed by atoms with van der Waals surface area (Å²) in [7, 11) is -2.42. The maximum Gasteiger partial charge on any atom is 0.338 e. The zero-order valence-corrected chi connectivity index (χ0v) is 25.9. The molecule has 0 aliphatic carbocycles. The summed E-state index contributed by atoms with van der Waals surface area (Å²) >= 11 is 0. The molecule has 4 aromatic rings. The van der Waals surface area contributed by atoms with Gasteiger partial charge in [-0.05, 0) is 73.1 Å². The zero-order valence-electron chi connectivity index (χ0n) is 25.1. The highest BCUT2D eigenvalue weighted by atomic mass is 32.2. The zero-order chi connectivity index (χ0) is 31.2. The molecule has 1 atom stereocenters. The molecule has 5 rings (SSSR count). The predicted octanol–water partition coefficient (Wildman–Crippen LogP) is 7.16. The number of cyclic esters (lactones) is 1. The lowest BCUT2D eigenvalue weighted by molar-refractivity contribution is -0.161. The monoisotopic (exact) mass is 610 g/mol. The topological polar surface area (TPSA) is 96.8 Å². The minimum atomic E-state index is -3.89. The standard InChI is InChI=1S/C36H38N2O5S/c1-3-31(29-17-12-18-30(25-29)38(2)44(41,42)33-19-10-11-24-37-33)34-32(39)26-36(43-35(34)40,22-20-27-13-6-4-7-14-27)23-21-28-15-8-5-9-16-28/h4-19,24-25,31,39H,3,20-23,26H2,1-2H3. The Labute approximate surface area is 259 Å². The van der Waals surface area contributed by atoms with Crippen LogP contribution in [0.4, 0.5) is 5.69 Å². The number of aromatic nitrogens is 1. The van der Waals surface area contributed by atoms with E-state index in [1.807, 2.05) is 49.4 Å². The highest BCUT2D eigenvalue weighted by molar-refractivity contribution is 7.92. The van der Waals surface area contributed by atoms with Crippen molar-refractivity contribution in [3.8, 4) is 0 Å². The molecule has 1 aromatic heterocycles. The van der Waals surface area contributed by atoms with Gasteiger partial charge in [-0.25, -0.2) is 9.78 Å². The van der Waals surface area contributed by atoms with Crippen molar-refractivity contribution in [3.63, 3.8) is 0 Å². The number of ether oxygens (including phenoxy) is 1. The van der Waals surface area contributed by atoms with Gasteiger partial charge in [-0.3, -0.25) is 4.31 Å². The van der Waals surface area contributed by atoms with Crippen LogP contribution in [0.25, 0.3) is 0 Å². The SMILES string of the molecule is CCC(C1=C(O)CC(CCc2ccccc2)(CCc2ccccc2)OC1=O)c1cccc(N(C)S(=O)(=O)c2ccccn2)c1. The largest absolute Gasteiger partial charge is 0.512 e. The Morgan fingerprint density at radius 2 is 1.50 bits per heavy atom. The summed E-state index contributed by atoms with van der Waals surface area (Å²) in [5.41, 5.74) is 2.81. The maximum absolute atomic E-state index is 13.8. The molecule has 2 heterocycles. The lowest BCUT2D eigenvalue weighted by Gasteiger charge is -2.39. The Kier molecular flexibility index (Phi) is 9.49. The molecular formula is C36H38N2O5S. The fraction of sp³-hybridized carbons (Fsp3) is 0.278. The first kappa shape index (κ1) is 31.0. The normalized spacial score (nSPS) is 15.5. The third-order valence-electron chi connectivity index (χ3n) is 8.41. The van der Waals surface area contributed by atoms with E-state index >= 15 is 0 Å². The Morgan fingerprint density at radius 1 is 0.886 bits per heavy atom. The third kappa shape index (κ3) is 6.86. The van der Waals surface area contributed by atoms with Crippen LogP contribution in [0.15, 0.2) is 126 Å².